The van der Waals surface area contributed by atoms with Crippen molar-refractivity contribution in [3.05, 3.63) is 21.3 Å². The summed E-state index contributed by atoms with van der Waals surface area (Å²) >= 11 is 7.68. The smallest absolute Gasteiger partial charge is 0.0931 e. The van der Waals surface area contributed by atoms with E-state index in [1.807, 2.05) is 6.07 Å². The lowest BCUT2D eigenvalue weighted by Crippen LogP contribution is -2.50. The molecule has 1 aromatic heterocycles. The zero-order chi connectivity index (χ0) is 14.0. The normalized spacial score (nSPS) is 20.7. The molecule has 0 saturated carbocycles. The highest BCUT2D eigenvalue weighted by Crippen LogP contribution is 2.28. The molecule has 0 bridgehead atoms. The first-order chi connectivity index (χ1) is 8.86. The van der Waals surface area contributed by atoms with E-state index in [9.17, 15) is 0 Å². The lowest BCUT2D eigenvalue weighted by molar-refractivity contribution is 0.0943. The van der Waals surface area contributed by atoms with Gasteiger partial charge in [0.25, 0.3) is 0 Å². The number of rotatable bonds is 3. The van der Waals surface area contributed by atoms with Crippen LogP contribution < -0.4 is 5.32 Å². The van der Waals surface area contributed by atoms with Gasteiger partial charge in [0.05, 0.1) is 4.34 Å². The molecule has 0 spiro atoms. The molecule has 1 aromatic rings. The minimum absolute atomic E-state index is 0.303. The molecule has 1 aliphatic heterocycles. The monoisotopic (exact) mass is 300 g/mol. The fraction of sp³-hybridized carbons (Fsp3) is 0.733. The Labute approximate surface area is 126 Å². The minimum Gasteiger partial charge on any atom is -0.307 e. The molecule has 0 radical (unpaired) electrons. The second-order valence-corrected chi connectivity index (χ2v) is 8.21. The second kappa shape index (κ2) is 6.13. The van der Waals surface area contributed by atoms with Crippen molar-refractivity contribution in [3.63, 3.8) is 0 Å². The van der Waals surface area contributed by atoms with E-state index >= 15 is 0 Å². The number of hydrogen-bond acceptors (Lipinski definition) is 3. The van der Waals surface area contributed by atoms with Gasteiger partial charge in [-0.25, -0.2) is 0 Å². The Morgan fingerprint density at radius 2 is 1.95 bits per heavy atom. The largest absolute Gasteiger partial charge is 0.307 e. The summed E-state index contributed by atoms with van der Waals surface area (Å²) in [4.78, 5) is 3.92. The molecule has 1 aliphatic rings. The van der Waals surface area contributed by atoms with Gasteiger partial charge in [0.15, 0.2) is 0 Å². The number of thiophene rings is 1. The first kappa shape index (κ1) is 15.3. The van der Waals surface area contributed by atoms with Crippen LogP contribution in [0, 0.1) is 0 Å². The number of halogens is 1. The third-order valence-electron chi connectivity index (χ3n) is 3.95. The first-order valence-corrected chi connectivity index (χ1v) is 8.32. The molecule has 2 nitrogen and oxygen atoms in total. The standard InChI is InChI=1S/C15H25ClN2S/c1-11(13-5-6-14(16)19-13)17-12-7-9-18(10-8-12)15(2,3)4/h5-6,11-12,17H,7-10H2,1-4H3. The number of nitrogens with one attached hydrogen (secondary N) is 1. The number of nitrogens with zero attached hydrogens (tertiary/aromatic N) is 1. The van der Waals surface area contributed by atoms with Gasteiger partial charge in [-0.2, -0.15) is 0 Å². The fourth-order valence-corrected chi connectivity index (χ4v) is 3.79. The van der Waals surface area contributed by atoms with E-state index in [4.69, 9.17) is 11.6 Å². The van der Waals surface area contributed by atoms with E-state index in [2.05, 4.69) is 44.0 Å². The Balaban J connectivity index is 1.82. The van der Waals surface area contributed by atoms with Gasteiger partial charge >= 0.3 is 0 Å². The molecule has 1 atom stereocenters. The van der Waals surface area contributed by atoms with Crippen molar-refractivity contribution in [3.8, 4) is 0 Å². The molecule has 1 fully saturated rings. The van der Waals surface area contributed by atoms with E-state index in [0.717, 1.165) is 4.34 Å². The van der Waals surface area contributed by atoms with E-state index in [1.165, 1.54) is 30.8 Å². The minimum atomic E-state index is 0.303. The topological polar surface area (TPSA) is 15.3 Å². The highest BCUT2D eigenvalue weighted by Gasteiger charge is 2.27. The number of piperidine rings is 1. The predicted molar refractivity (Wildman–Crippen MR) is 85.2 cm³/mol. The number of likely N-dealkylation sites (tertiary alicyclic amines) is 1. The average Bonchev–Trinajstić information content (AvgIpc) is 2.75. The molecule has 4 heteroatoms. The zero-order valence-electron chi connectivity index (χ0n) is 12.4. The maximum atomic E-state index is 6.00. The fourth-order valence-electron chi connectivity index (χ4n) is 2.71. The lowest BCUT2D eigenvalue weighted by Gasteiger charge is -2.41. The summed E-state index contributed by atoms with van der Waals surface area (Å²) in [6.45, 7) is 11.5. The van der Waals surface area contributed by atoms with Gasteiger partial charge in [-0.15, -0.1) is 11.3 Å². The third-order valence-corrected chi connectivity index (χ3v) is 5.36. The molecule has 0 aliphatic carbocycles. The van der Waals surface area contributed by atoms with Crippen LogP contribution in [-0.4, -0.2) is 29.6 Å². The molecule has 0 aromatic carbocycles. The van der Waals surface area contributed by atoms with Gasteiger partial charge in [-0.1, -0.05) is 11.6 Å². The van der Waals surface area contributed by atoms with Crippen molar-refractivity contribution in [2.45, 2.75) is 58.2 Å². The van der Waals surface area contributed by atoms with Crippen LogP contribution in [0.4, 0.5) is 0 Å². The Hall–Kier alpha value is -0.0900. The summed E-state index contributed by atoms with van der Waals surface area (Å²) in [5, 5.41) is 3.75. The average molecular weight is 301 g/mol. The summed E-state index contributed by atoms with van der Waals surface area (Å²) in [5.74, 6) is 0. The van der Waals surface area contributed by atoms with Crippen LogP contribution in [0.15, 0.2) is 12.1 Å². The van der Waals surface area contributed by atoms with Crippen LogP contribution in [0.25, 0.3) is 0 Å². The number of hydrogen-bond donors (Lipinski definition) is 1. The van der Waals surface area contributed by atoms with E-state index < -0.39 is 0 Å². The molecule has 1 saturated heterocycles. The highest BCUT2D eigenvalue weighted by molar-refractivity contribution is 7.16. The quantitative estimate of drug-likeness (QED) is 0.894. The van der Waals surface area contributed by atoms with Gasteiger partial charge in [0.1, 0.15) is 0 Å². The molecular formula is C15H25ClN2S. The maximum Gasteiger partial charge on any atom is 0.0931 e. The van der Waals surface area contributed by atoms with Crippen molar-refractivity contribution in [1.29, 1.82) is 0 Å². The van der Waals surface area contributed by atoms with Gasteiger partial charge in [-0.05, 0) is 52.7 Å². The van der Waals surface area contributed by atoms with Crippen LogP contribution in [0.1, 0.15) is 51.5 Å². The molecule has 1 N–H and O–H groups in total. The van der Waals surface area contributed by atoms with Gasteiger partial charge in [-0.3, -0.25) is 4.90 Å². The first-order valence-electron chi connectivity index (χ1n) is 7.12. The van der Waals surface area contributed by atoms with E-state index in [1.54, 1.807) is 11.3 Å². The summed E-state index contributed by atoms with van der Waals surface area (Å²) in [5.41, 5.74) is 0.303. The lowest BCUT2D eigenvalue weighted by atomic mass is 9.97. The highest BCUT2D eigenvalue weighted by atomic mass is 35.5. The maximum absolute atomic E-state index is 6.00. The third kappa shape index (κ3) is 4.19. The van der Waals surface area contributed by atoms with Crippen molar-refractivity contribution in [1.82, 2.24) is 10.2 Å². The second-order valence-electron chi connectivity index (χ2n) is 6.46. The van der Waals surface area contributed by atoms with Crippen molar-refractivity contribution in [2.75, 3.05) is 13.1 Å². The Morgan fingerprint density at radius 3 is 2.42 bits per heavy atom. The van der Waals surface area contributed by atoms with Crippen LogP contribution in [0.3, 0.4) is 0 Å². The Morgan fingerprint density at radius 1 is 1.32 bits per heavy atom. The van der Waals surface area contributed by atoms with Crippen LogP contribution in [-0.2, 0) is 0 Å². The molecule has 2 heterocycles. The van der Waals surface area contributed by atoms with E-state index in [0.29, 0.717) is 17.6 Å². The molecule has 1 unspecified atom stereocenters. The molecule has 19 heavy (non-hydrogen) atoms. The molecular weight excluding hydrogens is 276 g/mol. The molecule has 108 valence electrons. The Bertz CT molecular complexity index is 403. The van der Waals surface area contributed by atoms with Crippen LogP contribution in [0.2, 0.25) is 4.34 Å². The molecule has 0 amide bonds. The van der Waals surface area contributed by atoms with Gasteiger partial charge in [0, 0.05) is 35.6 Å². The van der Waals surface area contributed by atoms with Gasteiger partial charge < -0.3 is 5.32 Å². The van der Waals surface area contributed by atoms with Crippen LogP contribution >= 0.6 is 22.9 Å². The van der Waals surface area contributed by atoms with Crippen molar-refractivity contribution < 1.29 is 0 Å². The Kier molecular flexibility index (Phi) is 4.93. The van der Waals surface area contributed by atoms with E-state index in [-0.39, 0.29) is 0 Å². The summed E-state index contributed by atoms with van der Waals surface area (Å²) in [7, 11) is 0. The summed E-state index contributed by atoms with van der Waals surface area (Å²) in [6.07, 6.45) is 2.47. The summed E-state index contributed by atoms with van der Waals surface area (Å²) < 4.78 is 0.881. The molecule has 2 rings (SSSR count). The van der Waals surface area contributed by atoms with Gasteiger partial charge in [0.2, 0.25) is 0 Å². The van der Waals surface area contributed by atoms with Crippen molar-refractivity contribution >= 4 is 22.9 Å². The SMILES string of the molecule is CC(NC1CCN(C(C)(C)C)CC1)c1ccc(Cl)s1. The zero-order valence-corrected chi connectivity index (χ0v) is 13.9. The predicted octanol–water partition coefficient (Wildman–Crippen LogP) is 4.32. The summed E-state index contributed by atoms with van der Waals surface area (Å²) in [6, 6.07) is 5.16. The van der Waals surface area contributed by atoms with Crippen molar-refractivity contribution in [2.24, 2.45) is 0 Å². The van der Waals surface area contributed by atoms with Crippen LogP contribution in [0.5, 0.6) is 0 Å².